The fourth-order valence-electron chi connectivity index (χ4n) is 2.68. The Balaban J connectivity index is 1.70. The third-order valence-electron chi connectivity index (χ3n) is 3.97. The van der Waals surface area contributed by atoms with Crippen LogP contribution in [0.5, 0.6) is 11.5 Å². The van der Waals surface area contributed by atoms with E-state index in [1.807, 2.05) is 38.4 Å². The molecule has 22 heavy (non-hydrogen) atoms. The van der Waals surface area contributed by atoms with E-state index in [0.29, 0.717) is 6.61 Å². The Labute approximate surface area is 133 Å². The van der Waals surface area contributed by atoms with E-state index >= 15 is 0 Å². The van der Waals surface area contributed by atoms with Gasteiger partial charge in [0, 0.05) is 25.7 Å². The maximum absolute atomic E-state index is 10.0. The molecular weight excluding hydrogens is 280 g/mol. The molecule has 1 aromatic rings. The molecule has 1 fully saturated rings. The van der Waals surface area contributed by atoms with Crippen LogP contribution in [-0.2, 0) is 0 Å². The minimum Gasteiger partial charge on any atom is -0.494 e. The molecular formula is C17H28N2O3. The molecule has 0 aromatic heterocycles. The van der Waals surface area contributed by atoms with Crippen molar-refractivity contribution < 1.29 is 14.6 Å². The molecule has 2 atom stereocenters. The van der Waals surface area contributed by atoms with E-state index in [-0.39, 0.29) is 12.1 Å². The molecule has 0 amide bonds. The second-order valence-electron chi connectivity index (χ2n) is 6.03. The zero-order valence-corrected chi connectivity index (χ0v) is 13.9. The van der Waals surface area contributed by atoms with Gasteiger partial charge in [0.2, 0.25) is 0 Å². The molecule has 1 aliphatic rings. The highest BCUT2D eigenvalue weighted by Gasteiger charge is 2.32. The van der Waals surface area contributed by atoms with E-state index < -0.39 is 0 Å². The fourth-order valence-corrected chi connectivity index (χ4v) is 2.68. The van der Waals surface area contributed by atoms with Crippen molar-refractivity contribution in [3.8, 4) is 11.5 Å². The maximum Gasteiger partial charge on any atom is 0.119 e. The molecule has 1 saturated heterocycles. The van der Waals surface area contributed by atoms with E-state index in [0.717, 1.165) is 44.2 Å². The van der Waals surface area contributed by atoms with Gasteiger partial charge in [0.15, 0.2) is 0 Å². The predicted molar refractivity (Wildman–Crippen MR) is 87.6 cm³/mol. The predicted octanol–water partition coefficient (Wildman–Crippen LogP) is 1.46. The van der Waals surface area contributed by atoms with Crippen molar-refractivity contribution in [3.05, 3.63) is 24.3 Å². The van der Waals surface area contributed by atoms with Gasteiger partial charge in [-0.1, -0.05) is 6.92 Å². The molecule has 5 heteroatoms. The SMILES string of the molecule is CCCOc1ccc(OCCN2C[C@@H](O)[C@H](N(C)C)C2)cc1. The summed E-state index contributed by atoms with van der Waals surface area (Å²) in [7, 11) is 4.02. The van der Waals surface area contributed by atoms with Gasteiger partial charge in [0.05, 0.1) is 12.7 Å². The van der Waals surface area contributed by atoms with E-state index in [1.165, 1.54) is 0 Å². The van der Waals surface area contributed by atoms with Crippen molar-refractivity contribution in [1.82, 2.24) is 9.80 Å². The van der Waals surface area contributed by atoms with Crippen LogP contribution in [0.4, 0.5) is 0 Å². The van der Waals surface area contributed by atoms with Gasteiger partial charge in [-0.2, -0.15) is 0 Å². The smallest absolute Gasteiger partial charge is 0.119 e. The highest BCUT2D eigenvalue weighted by Crippen LogP contribution is 2.18. The third-order valence-corrected chi connectivity index (χ3v) is 3.97. The number of aliphatic hydroxyl groups excluding tert-OH is 1. The minimum atomic E-state index is -0.273. The van der Waals surface area contributed by atoms with E-state index in [2.05, 4.69) is 16.7 Å². The Hall–Kier alpha value is -1.30. The zero-order chi connectivity index (χ0) is 15.9. The number of likely N-dealkylation sites (N-methyl/N-ethyl adjacent to an activating group) is 1. The number of rotatable bonds is 8. The highest BCUT2D eigenvalue weighted by molar-refractivity contribution is 5.31. The molecule has 0 unspecified atom stereocenters. The van der Waals surface area contributed by atoms with Gasteiger partial charge in [-0.05, 0) is 44.8 Å². The summed E-state index contributed by atoms with van der Waals surface area (Å²) in [5, 5.41) is 10.0. The van der Waals surface area contributed by atoms with Crippen LogP contribution in [0, 0.1) is 0 Å². The normalized spacial score (nSPS) is 22.2. The number of hydrogen-bond acceptors (Lipinski definition) is 5. The lowest BCUT2D eigenvalue weighted by atomic mass is 10.2. The van der Waals surface area contributed by atoms with Crippen molar-refractivity contribution in [1.29, 1.82) is 0 Å². The van der Waals surface area contributed by atoms with Gasteiger partial charge in [-0.25, -0.2) is 0 Å². The van der Waals surface area contributed by atoms with Crippen LogP contribution in [0.3, 0.4) is 0 Å². The van der Waals surface area contributed by atoms with Crippen LogP contribution < -0.4 is 9.47 Å². The van der Waals surface area contributed by atoms with Crippen molar-refractivity contribution >= 4 is 0 Å². The average molecular weight is 308 g/mol. The number of likely N-dealkylation sites (tertiary alicyclic amines) is 1. The number of ether oxygens (including phenoxy) is 2. The summed E-state index contributed by atoms with van der Waals surface area (Å²) in [6.45, 7) is 5.90. The van der Waals surface area contributed by atoms with Gasteiger partial charge in [-0.3, -0.25) is 4.90 Å². The van der Waals surface area contributed by atoms with Crippen molar-refractivity contribution in [2.24, 2.45) is 0 Å². The van der Waals surface area contributed by atoms with Crippen LogP contribution in [0.1, 0.15) is 13.3 Å². The van der Waals surface area contributed by atoms with Crippen molar-refractivity contribution in [2.45, 2.75) is 25.5 Å². The molecule has 0 spiro atoms. The molecule has 0 bridgehead atoms. The summed E-state index contributed by atoms with van der Waals surface area (Å²) in [5.74, 6) is 1.73. The third kappa shape index (κ3) is 4.87. The van der Waals surface area contributed by atoms with Crippen LogP contribution in [-0.4, -0.2) is 74.0 Å². The maximum atomic E-state index is 10.0. The second-order valence-corrected chi connectivity index (χ2v) is 6.03. The van der Waals surface area contributed by atoms with Gasteiger partial charge in [-0.15, -0.1) is 0 Å². The van der Waals surface area contributed by atoms with Crippen LogP contribution in [0.15, 0.2) is 24.3 Å². The number of nitrogens with zero attached hydrogens (tertiary/aromatic N) is 2. The molecule has 0 saturated carbocycles. The largest absolute Gasteiger partial charge is 0.494 e. The molecule has 0 aliphatic carbocycles. The number of benzene rings is 1. The van der Waals surface area contributed by atoms with Crippen molar-refractivity contribution in [2.75, 3.05) is 46.9 Å². The van der Waals surface area contributed by atoms with Gasteiger partial charge < -0.3 is 19.5 Å². The summed E-state index contributed by atoms with van der Waals surface area (Å²) >= 11 is 0. The molecule has 1 aliphatic heterocycles. The summed E-state index contributed by atoms with van der Waals surface area (Å²) in [6.07, 6.45) is 0.735. The average Bonchev–Trinajstić information content (AvgIpc) is 2.87. The minimum absolute atomic E-state index is 0.218. The monoisotopic (exact) mass is 308 g/mol. The number of hydrogen-bond donors (Lipinski definition) is 1. The summed E-state index contributed by atoms with van der Waals surface area (Å²) in [6, 6.07) is 7.97. The highest BCUT2D eigenvalue weighted by atomic mass is 16.5. The van der Waals surface area contributed by atoms with Gasteiger partial charge >= 0.3 is 0 Å². The Morgan fingerprint density at radius 1 is 1.09 bits per heavy atom. The summed E-state index contributed by atoms with van der Waals surface area (Å²) in [4.78, 5) is 4.33. The lowest BCUT2D eigenvalue weighted by Gasteiger charge is -2.21. The lowest BCUT2D eigenvalue weighted by molar-refractivity contribution is 0.112. The van der Waals surface area contributed by atoms with E-state index in [1.54, 1.807) is 0 Å². The number of β-amino-alcohol motifs (C(OH)–C–C–N with tert-alkyl or cyclic N) is 1. The van der Waals surface area contributed by atoms with Gasteiger partial charge in [0.1, 0.15) is 18.1 Å². The van der Waals surface area contributed by atoms with E-state index in [4.69, 9.17) is 9.47 Å². The molecule has 1 aromatic carbocycles. The fraction of sp³-hybridized carbons (Fsp3) is 0.647. The topological polar surface area (TPSA) is 45.2 Å². The molecule has 5 nitrogen and oxygen atoms in total. The van der Waals surface area contributed by atoms with Crippen LogP contribution in [0.2, 0.25) is 0 Å². The quantitative estimate of drug-likeness (QED) is 0.788. The Kier molecular flexibility index (Phi) is 6.49. The summed E-state index contributed by atoms with van der Waals surface area (Å²) < 4.78 is 11.3. The lowest BCUT2D eigenvalue weighted by Crippen LogP contribution is -2.38. The number of aliphatic hydroxyl groups is 1. The Morgan fingerprint density at radius 2 is 1.68 bits per heavy atom. The molecule has 1 heterocycles. The van der Waals surface area contributed by atoms with E-state index in [9.17, 15) is 5.11 Å². The first-order chi connectivity index (χ1) is 10.6. The zero-order valence-electron chi connectivity index (χ0n) is 13.9. The molecule has 2 rings (SSSR count). The Morgan fingerprint density at radius 3 is 2.18 bits per heavy atom. The van der Waals surface area contributed by atoms with Crippen LogP contribution in [0.25, 0.3) is 0 Å². The second kappa shape index (κ2) is 8.36. The molecule has 124 valence electrons. The summed E-state index contributed by atoms with van der Waals surface area (Å²) in [5.41, 5.74) is 0. The Bertz CT molecular complexity index is 436. The molecule has 0 radical (unpaired) electrons. The first-order valence-corrected chi connectivity index (χ1v) is 8.02. The standard InChI is InChI=1S/C17H28N2O3/c1-4-10-21-14-5-7-15(8-6-14)22-11-9-19-12-16(18(2)3)17(20)13-19/h5-8,16-17,20H,4,9-13H2,1-3H3/t16-,17-/m1/s1. The first kappa shape index (κ1) is 17.1. The van der Waals surface area contributed by atoms with Gasteiger partial charge in [0.25, 0.3) is 0 Å². The first-order valence-electron chi connectivity index (χ1n) is 8.02. The molecule has 1 N–H and O–H groups in total. The van der Waals surface area contributed by atoms with Crippen LogP contribution >= 0.6 is 0 Å². The van der Waals surface area contributed by atoms with Crippen molar-refractivity contribution in [3.63, 3.8) is 0 Å².